The standard InChI is InChI=1S/C17H21F3N2O3/c1-11-4-5-12(14(23)21-9-17(18,19)20)8-13(11)22-15(24)16(10-25-2)6-3-7-16/h4-5,8H,3,6-7,9-10H2,1-2H3,(H,21,23)(H,22,24). The topological polar surface area (TPSA) is 67.4 Å². The fourth-order valence-corrected chi connectivity index (χ4v) is 2.75. The molecule has 0 saturated heterocycles. The van der Waals surface area contributed by atoms with Crippen molar-refractivity contribution in [2.24, 2.45) is 5.41 Å². The van der Waals surface area contributed by atoms with Gasteiger partial charge in [0.2, 0.25) is 5.91 Å². The predicted molar refractivity (Wildman–Crippen MR) is 86.4 cm³/mol. The maximum absolute atomic E-state index is 12.6. The van der Waals surface area contributed by atoms with Gasteiger partial charge in [-0.05, 0) is 37.5 Å². The molecule has 0 aliphatic heterocycles. The largest absolute Gasteiger partial charge is 0.405 e. The third-order valence-electron chi connectivity index (χ3n) is 4.41. The number of hydrogen-bond acceptors (Lipinski definition) is 3. The molecule has 1 fully saturated rings. The molecule has 0 spiro atoms. The minimum atomic E-state index is -4.48. The number of rotatable bonds is 6. The van der Waals surface area contributed by atoms with Gasteiger partial charge in [-0.25, -0.2) is 0 Å². The lowest BCUT2D eigenvalue weighted by Crippen LogP contribution is -2.45. The quantitative estimate of drug-likeness (QED) is 0.821. The molecule has 1 aliphatic rings. The van der Waals surface area contributed by atoms with Crippen LogP contribution in [0.3, 0.4) is 0 Å². The molecule has 1 aliphatic carbocycles. The van der Waals surface area contributed by atoms with Crippen LogP contribution in [-0.4, -0.2) is 38.3 Å². The Morgan fingerprint density at radius 1 is 1.28 bits per heavy atom. The van der Waals surface area contributed by atoms with Crippen LogP contribution in [0.4, 0.5) is 18.9 Å². The number of ether oxygens (including phenoxy) is 1. The van der Waals surface area contributed by atoms with Crippen molar-refractivity contribution >= 4 is 17.5 Å². The van der Waals surface area contributed by atoms with Gasteiger partial charge in [0, 0.05) is 18.4 Å². The van der Waals surface area contributed by atoms with Crippen molar-refractivity contribution in [2.45, 2.75) is 32.4 Å². The zero-order chi connectivity index (χ0) is 18.7. The molecule has 138 valence electrons. The van der Waals surface area contributed by atoms with Crippen molar-refractivity contribution in [3.8, 4) is 0 Å². The lowest BCUT2D eigenvalue weighted by atomic mass is 9.68. The summed E-state index contributed by atoms with van der Waals surface area (Å²) in [4.78, 5) is 24.4. The van der Waals surface area contributed by atoms with Crippen LogP contribution in [0.5, 0.6) is 0 Å². The Bertz CT molecular complexity index is 655. The Morgan fingerprint density at radius 2 is 1.96 bits per heavy atom. The third-order valence-corrected chi connectivity index (χ3v) is 4.41. The van der Waals surface area contributed by atoms with E-state index in [2.05, 4.69) is 5.32 Å². The average Bonchev–Trinajstić information content (AvgIpc) is 2.49. The number of anilines is 1. The van der Waals surface area contributed by atoms with E-state index in [0.717, 1.165) is 19.3 Å². The molecule has 0 atom stereocenters. The number of benzene rings is 1. The fraction of sp³-hybridized carbons (Fsp3) is 0.529. The summed E-state index contributed by atoms with van der Waals surface area (Å²) in [6, 6.07) is 4.39. The summed E-state index contributed by atoms with van der Waals surface area (Å²) < 4.78 is 41.8. The van der Waals surface area contributed by atoms with E-state index in [1.807, 2.05) is 5.32 Å². The molecule has 2 amide bonds. The molecular weight excluding hydrogens is 337 g/mol. The normalized spacial score (nSPS) is 16.0. The van der Waals surface area contributed by atoms with Gasteiger partial charge in [-0.15, -0.1) is 0 Å². The molecule has 0 bridgehead atoms. The van der Waals surface area contributed by atoms with E-state index in [-0.39, 0.29) is 11.5 Å². The third kappa shape index (κ3) is 4.72. The van der Waals surface area contributed by atoms with Gasteiger partial charge in [-0.1, -0.05) is 12.5 Å². The SMILES string of the molecule is COCC1(C(=O)Nc2cc(C(=O)NCC(F)(F)F)ccc2C)CCC1. The van der Waals surface area contributed by atoms with Gasteiger partial charge in [-0.3, -0.25) is 9.59 Å². The first kappa shape index (κ1) is 19.2. The van der Waals surface area contributed by atoms with Crippen LogP contribution in [0.25, 0.3) is 0 Å². The first-order valence-corrected chi connectivity index (χ1v) is 7.93. The Hall–Kier alpha value is -2.09. The van der Waals surface area contributed by atoms with E-state index in [0.29, 0.717) is 17.9 Å². The van der Waals surface area contributed by atoms with E-state index >= 15 is 0 Å². The van der Waals surface area contributed by atoms with E-state index in [9.17, 15) is 22.8 Å². The number of aryl methyl sites for hydroxylation is 1. The van der Waals surface area contributed by atoms with Crippen LogP contribution < -0.4 is 10.6 Å². The highest BCUT2D eigenvalue weighted by molar-refractivity contribution is 5.99. The van der Waals surface area contributed by atoms with Gasteiger partial charge in [-0.2, -0.15) is 13.2 Å². The smallest absolute Gasteiger partial charge is 0.384 e. The van der Waals surface area contributed by atoms with Crippen molar-refractivity contribution in [3.05, 3.63) is 29.3 Å². The first-order chi connectivity index (χ1) is 11.7. The summed E-state index contributed by atoms with van der Waals surface area (Å²) in [5.41, 5.74) is 0.606. The fourth-order valence-electron chi connectivity index (χ4n) is 2.75. The second-order valence-electron chi connectivity index (χ2n) is 6.35. The molecule has 0 radical (unpaired) electrons. The number of methoxy groups -OCH3 is 1. The first-order valence-electron chi connectivity index (χ1n) is 7.93. The molecular formula is C17H21F3N2O3. The molecule has 0 aromatic heterocycles. The van der Waals surface area contributed by atoms with Gasteiger partial charge in [0.1, 0.15) is 6.54 Å². The highest BCUT2D eigenvalue weighted by Gasteiger charge is 2.44. The molecule has 2 rings (SSSR count). The molecule has 5 nitrogen and oxygen atoms in total. The Morgan fingerprint density at radius 3 is 2.48 bits per heavy atom. The van der Waals surface area contributed by atoms with Crippen molar-refractivity contribution in [2.75, 3.05) is 25.6 Å². The number of carbonyl (C=O) groups excluding carboxylic acids is 2. The minimum Gasteiger partial charge on any atom is -0.384 e. The van der Waals surface area contributed by atoms with E-state index in [4.69, 9.17) is 4.74 Å². The number of hydrogen-bond donors (Lipinski definition) is 2. The van der Waals surface area contributed by atoms with E-state index < -0.39 is 24.0 Å². The zero-order valence-electron chi connectivity index (χ0n) is 14.1. The Balaban J connectivity index is 2.11. The van der Waals surface area contributed by atoms with Crippen molar-refractivity contribution in [1.29, 1.82) is 0 Å². The lowest BCUT2D eigenvalue weighted by molar-refractivity contribution is -0.134. The molecule has 2 N–H and O–H groups in total. The number of nitrogens with one attached hydrogen (secondary N) is 2. The van der Waals surface area contributed by atoms with Crippen LogP contribution in [0.1, 0.15) is 35.2 Å². The second kappa shape index (κ2) is 7.43. The van der Waals surface area contributed by atoms with Crippen molar-refractivity contribution < 1.29 is 27.5 Å². The minimum absolute atomic E-state index is 0.0551. The molecule has 1 aromatic rings. The van der Waals surface area contributed by atoms with Crippen LogP contribution in [-0.2, 0) is 9.53 Å². The predicted octanol–water partition coefficient (Wildman–Crippen LogP) is 3.04. The Labute approximate surface area is 143 Å². The molecule has 8 heteroatoms. The summed E-state index contributed by atoms with van der Waals surface area (Å²) in [6.07, 6.45) is -2.10. The maximum atomic E-state index is 12.6. The van der Waals surface area contributed by atoms with Crippen LogP contribution >= 0.6 is 0 Å². The van der Waals surface area contributed by atoms with E-state index in [1.54, 1.807) is 13.0 Å². The lowest BCUT2D eigenvalue weighted by Gasteiger charge is -2.39. The molecule has 25 heavy (non-hydrogen) atoms. The molecule has 1 aromatic carbocycles. The van der Waals surface area contributed by atoms with Gasteiger partial charge < -0.3 is 15.4 Å². The second-order valence-corrected chi connectivity index (χ2v) is 6.35. The van der Waals surface area contributed by atoms with Crippen LogP contribution in [0.2, 0.25) is 0 Å². The summed E-state index contributed by atoms with van der Waals surface area (Å²) in [6.45, 7) is 0.652. The van der Waals surface area contributed by atoms with Crippen molar-refractivity contribution in [3.63, 3.8) is 0 Å². The summed E-state index contributed by atoms with van der Waals surface area (Å²) >= 11 is 0. The highest BCUT2D eigenvalue weighted by atomic mass is 19.4. The van der Waals surface area contributed by atoms with E-state index in [1.165, 1.54) is 19.2 Å². The number of carbonyl (C=O) groups is 2. The summed E-state index contributed by atoms with van der Waals surface area (Å²) in [7, 11) is 1.53. The van der Waals surface area contributed by atoms with Crippen LogP contribution in [0.15, 0.2) is 18.2 Å². The number of amides is 2. The van der Waals surface area contributed by atoms with Crippen molar-refractivity contribution in [1.82, 2.24) is 5.32 Å². The highest BCUT2D eigenvalue weighted by Crippen LogP contribution is 2.42. The summed E-state index contributed by atoms with van der Waals surface area (Å²) in [5.74, 6) is -1.04. The molecule has 1 saturated carbocycles. The van der Waals surface area contributed by atoms with Gasteiger partial charge in [0.05, 0.1) is 12.0 Å². The molecule has 0 unspecified atom stereocenters. The van der Waals surface area contributed by atoms with Gasteiger partial charge in [0.25, 0.3) is 5.91 Å². The van der Waals surface area contributed by atoms with Crippen LogP contribution in [0, 0.1) is 12.3 Å². The maximum Gasteiger partial charge on any atom is 0.405 e. The number of alkyl halides is 3. The summed E-state index contributed by atoms with van der Waals surface area (Å²) in [5, 5.41) is 4.60. The number of halogens is 3. The monoisotopic (exact) mass is 358 g/mol. The zero-order valence-corrected chi connectivity index (χ0v) is 14.1. The van der Waals surface area contributed by atoms with Gasteiger partial charge in [0.15, 0.2) is 0 Å². The molecule has 0 heterocycles. The van der Waals surface area contributed by atoms with Gasteiger partial charge >= 0.3 is 6.18 Å². The Kier molecular flexibility index (Phi) is 5.72. The average molecular weight is 358 g/mol.